The molecule has 0 N–H and O–H groups in total. The van der Waals surface area contributed by atoms with Gasteiger partial charge >= 0.3 is 0 Å². The number of carbonyl (C=O) groups is 1. The lowest BCUT2D eigenvalue weighted by Gasteiger charge is -2.35. The monoisotopic (exact) mass is 348 g/mol. The molecular formula is C18H22F2N4O. The van der Waals surface area contributed by atoms with Crippen LogP contribution < -0.4 is 0 Å². The molecular weight excluding hydrogens is 326 g/mol. The zero-order valence-electron chi connectivity index (χ0n) is 14.7. The second-order valence-electron chi connectivity index (χ2n) is 6.68. The minimum absolute atomic E-state index is 0.133. The summed E-state index contributed by atoms with van der Waals surface area (Å²) >= 11 is 0. The molecule has 0 radical (unpaired) electrons. The number of aromatic nitrogens is 2. The maximum absolute atomic E-state index is 14.2. The highest BCUT2D eigenvalue weighted by molar-refractivity contribution is 5.99. The molecule has 0 spiro atoms. The first-order valence-corrected chi connectivity index (χ1v) is 8.31. The lowest BCUT2D eigenvalue weighted by molar-refractivity contribution is 0.0664. The van der Waals surface area contributed by atoms with Crippen molar-refractivity contribution in [2.75, 3.05) is 27.2 Å². The fourth-order valence-corrected chi connectivity index (χ4v) is 3.28. The Morgan fingerprint density at radius 3 is 2.52 bits per heavy atom. The van der Waals surface area contributed by atoms with E-state index in [1.54, 1.807) is 18.1 Å². The summed E-state index contributed by atoms with van der Waals surface area (Å²) < 4.78 is 28.8. The first kappa shape index (κ1) is 17.5. The summed E-state index contributed by atoms with van der Waals surface area (Å²) in [6.45, 7) is 1.31. The maximum atomic E-state index is 14.2. The summed E-state index contributed by atoms with van der Waals surface area (Å²) in [6, 6.07) is 3.76. The quantitative estimate of drug-likeness (QED) is 0.856. The third kappa shape index (κ3) is 3.56. The Morgan fingerprint density at radius 2 is 1.92 bits per heavy atom. The van der Waals surface area contributed by atoms with Crippen molar-refractivity contribution in [2.45, 2.75) is 18.9 Å². The van der Waals surface area contributed by atoms with Crippen molar-refractivity contribution in [1.29, 1.82) is 0 Å². The van der Waals surface area contributed by atoms with Crippen LogP contribution >= 0.6 is 0 Å². The van der Waals surface area contributed by atoms with Crippen LogP contribution in [0.15, 0.2) is 24.4 Å². The number of nitrogens with zero attached hydrogens (tertiary/aromatic N) is 4. The van der Waals surface area contributed by atoms with Crippen molar-refractivity contribution >= 4 is 5.91 Å². The molecule has 2 aromatic rings. The van der Waals surface area contributed by atoms with Gasteiger partial charge in [0.15, 0.2) is 0 Å². The van der Waals surface area contributed by atoms with E-state index >= 15 is 0 Å². The Kier molecular flexibility index (Phi) is 4.85. The van der Waals surface area contributed by atoms with Gasteiger partial charge in [0, 0.05) is 44.0 Å². The van der Waals surface area contributed by atoms with Gasteiger partial charge in [-0.05, 0) is 39.1 Å². The van der Waals surface area contributed by atoms with E-state index in [4.69, 9.17) is 0 Å². The molecule has 1 aliphatic heterocycles. The third-order valence-corrected chi connectivity index (χ3v) is 4.73. The van der Waals surface area contributed by atoms with Gasteiger partial charge in [0.1, 0.15) is 17.3 Å². The molecule has 5 nitrogen and oxygen atoms in total. The van der Waals surface area contributed by atoms with E-state index in [-0.39, 0.29) is 17.2 Å². The van der Waals surface area contributed by atoms with Crippen LogP contribution in [0, 0.1) is 11.6 Å². The summed E-state index contributed by atoms with van der Waals surface area (Å²) in [5.74, 6) is -1.54. The van der Waals surface area contributed by atoms with Gasteiger partial charge in [-0.15, -0.1) is 0 Å². The van der Waals surface area contributed by atoms with Crippen molar-refractivity contribution in [1.82, 2.24) is 19.6 Å². The molecule has 1 amide bonds. The van der Waals surface area contributed by atoms with Gasteiger partial charge in [0.25, 0.3) is 5.91 Å². The predicted octanol–water partition coefficient (Wildman–Crippen LogP) is 2.53. The number of aryl methyl sites for hydroxylation is 1. The molecule has 3 rings (SSSR count). The van der Waals surface area contributed by atoms with Crippen molar-refractivity contribution in [3.63, 3.8) is 0 Å². The average Bonchev–Trinajstić information content (AvgIpc) is 2.95. The predicted molar refractivity (Wildman–Crippen MR) is 91.2 cm³/mol. The average molecular weight is 348 g/mol. The van der Waals surface area contributed by atoms with Crippen LogP contribution in [-0.4, -0.2) is 58.7 Å². The molecule has 1 aromatic carbocycles. The topological polar surface area (TPSA) is 41.4 Å². The molecule has 1 aliphatic rings. The van der Waals surface area contributed by atoms with Crippen LogP contribution in [0.3, 0.4) is 0 Å². The summed E-state index contributed by atoms with van der Waals surface area (Å²) in [4.78, 5) is 16.9. The Balaban J connectivity index is 1.87. The summed E-state index contributed by atoms with van der Waals surface area (Å²) in [7, 11) is 5.76. The molecule has 0 saturated carbocycles. The smallest absolute Gasteiger partial charge is 0.257 e. The molecule has 134 valence electrons. The molecule has 7 heteroatoms. The standard InChI is InChI=1S/C18H22F2N4O/c1-22(2)13-6-8-24(9-7-13)18(25)15-11-23(3)21-17(15)14-5-4-12(19)10-16(14)20/h4-5,10-11,13H,6-9H2,1-3H3. The number of benzene rings is 1. The Hall–Kier alpha value is -2.28. The van der Waals surface area contributed by atoms with Crippen LogP contribution in [0.5, 0.6) is 0 Å². The third-order valence-electron chi connectivity index (χ3n) is 4.73. The van der Waals surface area contributed by atoms with Crippen molar-refractivity contribution in [2.24, 2.45) is 7.05 Å². The number of carbonyl (C=O) groups excluding carboxylic acids is 1. The van der Waals surface area contributed by atoms with E-state index < -0.39 is 11.6 Å². The number of halogens is 2. The first-order valence-electron chi connectivity index (χ1n) is 8.31. The van der Waals surface area contributed by atoms with Crippen molar-refractivity contribution < 1.29 is 13.6 Å². The number of hydrogen-bond acceptors (Lipinski definition) is 3. The Labute approximate surface area is 145 Å². The number of rotatable bonds is 3. The zero-order valence-corrected chi connectivity index (χ0v) is 14.7. The van der Waals surface area contributed by atoms with Crippen LogP contribution in [0.1, 0.15) is 23.2 Å². The maximum Gasteiger partial charge on any atom is 0.257 e. The van der Waals surface area contributed by atoms with Crippen molar-refractivity contribution in [3.8, 4) is 11.3 Å². The van der Waals surface area contributed by atoms with Crippen LogP contribution in [0.2, 0.25) is 0 Å². The van der Waals surface area contributed by atoms with E-state index in [9.17, 15) is 13.6 Å². The van der Waals surface area contributed by atoms with Gasteiger partial charge in [-0.25, -0.2) is 8.78 Å². The normalized spacial score (nSPS) is 15.8. The van der Waals surface area contributed by atoms with Gasteiger partial charge < -0.3 is 9.80 Å². The highest BCUT2D eigenvalue weighted by Gasteiger charge is 2.28. The summed E-state index contributed by atoms with van der Waals surface area (Å²) in [6.07, 6.45) is 3.40. The minimum Gasteiger partial charge on any atom is -0.338 e. The van der Waals surface area contributed by atoms with Crippen molar-refractivity contribution in [3.05, 3.63) is 41.6 Å². The molecule has 25 heavy (non-hydrogen) atoms. The molecule has 1 fully saturated rings. The fraction of sp³-hybridized carbons (Fsp3) is 0.444. The number of amides is 1. The Morgan fingerprint density at radius 1 is 1.24 bits per heavy atom. The van der Waals surface area contributed by atoms with Crippen LogP contribution in [0.4, 0.5) is 8.78 Å². The molecule has 0 bridgehead atoms. The first-order chi connectivity index (χ1) is 11.9. The Bertz CT molecular complexity index is 779. The number of piperidine rings is 1. The molecule has 0 atom stereocenters. The second kappa shape index (κ2) is 6.92. The van der Waals surface area contributed by atoms with Gasteiger partial charge in [0.05, 0.1) is 5.56 Å². The minimum atomic E-state index is -0.723. The van der Waals surface area contributed by atoms with E-state index in [2.05, 4.69) is 10.00 Å². The van der Waals surface area contributed by atoms with Crippen LogP contribution in [0.25, 0.3) is 11.3 Å². The fourth-order valence-electron chi connectivity index (χ4n) is 3.28. The van der Waals surface area contributed by atoms with E-state index in [1.807, 2.05) is 14.1 Å². The summed E-state index contributed by atoms with van der Waals surface area (Å²) in [5.41, 5.74) is 0.726. The molecule has 0 unspecified atom stereocenters. The molecule has 1 aromatic heterocycles. The molecule has 0 aliphatic carbocycles. The number of hydrogen-bond donors (Lipinski definition) is 0. The zero-order chi connectivity index (χ0) is 18.1. The van der Waals surface area contributed by atoms with E-state index in [1.165, 1.54) is 16.8 Å². The van der Waals surface area contributed by atoms with Crippen LogP contribution in [-0.2, 0) is 7.05 Å². The van der Waals surface area contributed by atoms with E-state index in [0.717, 1.165) is 18.9 Å². The van der Waals surface area contributed by atoms with Gasteiger partial charge in [-0.1, -0.05) is 0 Å². The lowest BCUT2D eigenvalue weighted by atomic mass is 10.0. The highest BCUT2D eigenvalue weighted by Crippen LogP contribution is 2.27. The van der Waals surface area contributed by atoms with Gasteiger partial charge in [-0.3, -0.25) is 9.48 Å². The van der Waals surface area contributed by atoms with E-state index in [0.29, 0.717) is 24.7 Å². The largest absolute Gasteiger partial charge is 0.338 e. The van der Waals surface area contributed by atoms with Gasteiger partial charge in [0.2, 0.25) is 0 Å². The second-order valence-corrected chi connectivity index (χ2v) is 6.68. The van der Waals surface area contributed by atoms with Gasteiger partial charge in [-0.2, -0.15) is 5.10 Å². The summed E-state index contributed by atoms with van der Waals surface area (Å²) in [5, 5.41) is 4.23. The molecule has 2 heterocycles. The lowest BCUT2D eigenvalue weighted by Crippen LogP contribution is -2.44. The number of likely N-dealkylation sites (tertiary alicyclic amines) is 1. The highest BCUT2D eigenvalue weighted by atomic mass is 19.1. The molecule has 1 saturated heterocycles. The SMILES string of the molecule is CN(C)C1CCN(C(=O)c2cn(C)nc2-c2ccc(F)cc2F)CC1.